The lowest BCUT2D eigenvalue weighted by atomic mass is 10.1. The van der Waals surface area contributed by atoms with Gasteiger partial charge < -0.3 is 4.42 Å². The highest BCUT2D eigenvalue weighted by molar-refractivity contribution is 5.70. The fraction of sp³-hybridized carbons (Fsp3) is 0.545. The van der Waals surface area contributed by atoms with Gasteiger partial charge in [-0.25, -0.2) is 0 Å². The zero-order chi connectivity index (χ0) is 9.52. The van der Waals surface area contributed by atoms with E-state index in [0.717, 1.165) is 18.3 Å². The van der Waals surface area contributed by atoms with E-state index in [9.17, 15) is 4.79 Å². The second-order valence-corrected chi connectivity index (χ2v) is 3.29. The van der Waals surface area contributed by atoms with E-state index in [1.54, 1.807) is 6.26 Å². The highest BCUT2D eigenvalue weighted by atomic mass is 16.3. The third kappa shape index (κ3) is 3.45. The van der Waals surface area contributed by atoms with Gasteiger partial charge in [-0.1, -0.05) is 26.2 Å². The Morgan fingerprint density at radius 1 is 1.38 bits per heavy atom. The lowest BCUT2D eigenvalue weighted by Crippen LogP contribution is -1.82. The van der Waals surface area contributed by atoms with Crippen molar-refractivity contribution >= 4 is 6.29 Å². The van der Waals surface area contributed by atoms with E-state index in [1.807, 2.05) is 6.07 Å². The van der Waals surface area contributed by atoms with Crippen LogP contribution in [-0.2, 0) is 6.42 Å². The molecule has 0 unspecified atom stereocenters. The fourth-order valence-electron chi connectivity index (χ4n) is 1.34. The molecule has 2 nitrogen and oxygen atoms in total. The molecule has 1 aromatic rings. The van der Waals surface area contributed by atoms with Crippen LogP contribution >= 0.6 is 0 Å². The van der Waals surface area contributed by atoms with Crippen molar-refractivity contribution in [3.8, 4) is 0 Å². The standard InChI is InChI=1S/C11H16O2/c1-2-3-4-5-6-10-7-11(8-12)13-9-10/h7-9H,2-6H2,1H3. The van der Waals surface area contributed by atoms with Crippen molar-refractivity contribution in [3.05, 3.63) is 23.7 Å². The summed E-state index contributed by atoms with van der Waals surface area (Å²) in [5.41, 5.74) is 1.14. The molecule has 0 aliphatic heterocycles. The van der Waals surface area contributed by atoms with Gasteiger partial charge in [0.1, 0.15) is 0 Å². The minimum Gasteiger partial charge on any atom is -0.461 e. The summed E-state index contributed by atoms with van der Waals surface area (Å²) in [6.07, 6.45) is 8.44. The number of hydrogen-bond donors (Lipinski definition) is 0. The predicted molar refractivity (Wildman–Crippen MR) is 51.9 cm³/mol. The highest BCUT2D eigenvalue weighted by Gasteiger charge is 1.99. The van der Waals surface area contributed by atoms with E-state index in [1.165, 1.54) is 25.7 Å². The number of carbonyl (C=O) groups excluding carboxylic acids is 1. The summed E-state index contributed by atoms with van der Waals surface area (Å²) >= 11 is 0. The van der Waals surface area contributed by atoms with Crippen molar-refractivity contribution < 1.29 is 9.21 Å². The van der Waals surface area contributed by atoms with Crippen LogP contribution in [0.2, 0.25) is 0 Å². The van der Waals surface area contributed by atoms with Gasteiger partial charge in [-0.2, -0.15) is 0 Å². The van der Waals surface area contributed by atoms with Gasteiger partial charge in [-0.15, -0.1) is 0 Å². The van der Waals surface area contributed by atoms with Gasteiger partial charge in [0, 0.05) is 0 Å². The first-order valence-electron chi connectivity index (χ1n) is 4.89. The van der Waals surface area contributed by atoms with Gasteiger partial charge in [0.25, 0.3) is 0 Å². The Morgan fingerprint density at radius 3 is 2.85 bits per heavy atom. The Balaban J connectivity index is 2.24. The molecule has 0 spiro atoms. The number of unbranched alkanes of at least 4 members (excludes halogenated alkanes) is 3. The Bertz CT molecular complexity index is 250. The van der Waals surface area contributed by atoms with E-state index in [4.69, 9.17) is 4.42 Å². The second kappa shape index (κ2) is 5.57. The van der Waals surface area contributed by atoms with Crippen LogP contribution in [0, 0.1) is 0 Å². The summed E-state index contributed by atoms with van der Waals surface area (Å²) in [4.78, 5) is 10.3. The van der Waals surface area contributed by atoms with Crippen molar-refractivity contribution in [1.29, 1.82) is 0 Å². The molecular formula is C11H16O2. The monoisotopic (exact) mass is 180 g/mol. The van der Waals surface area contributed by atoms with Gasteiger partial charge >= 0.3 is 0 Å². The predicted octanol–water partition coefficient (Wildman–Crippen LogP) is 3.21. The minimum absolute atomic E-state index is 0.436. The molecule has 0 radical (unpaired) electrons. The van der Waals surface area contributed by atoms with Gasteiger partial charge in [-0.3, -0.25) is 4.79 Å². The topological polar surface area (TPSA) is 30.2 Å². The summed E-state index contributed by atoms with van der Waals surface area (Å²) in [6, 6.07) is 1.82. The average molecular weight is 180 g/mol. The first-order chi connectivity index (χ1) is 6.36. The Hall–Kier alpha value is -1.05. The maximum atomic E-state index is 10.3. The molecule has 0 aliphatic carbocycles. The van der Waals surface area contributed by atoms with Crippen LogP contribution < -0.4 is 0 Å². The molecule has 0 saturated carbocycles. The molecule has 2 heteroatoms. The zero-order valence-corrected chi connectivity index (χ0v) is 8.08. The normalized spacial score (nSPS) is 10.2. The maximum Gasteiger partial charge on any atom is 0.185 e. The molecule has 72 valence electrons. The number of hydrogen-bond acceptors (Lipinski definition) is 2. The Labute approximate surface area is 78.9 Å². The molecule has 13 heavy (non-hydrogen) atoms. The molecule has 0 atom stereocenters. The fourth-order valence-corrected chi connectivity index (χ4v) is 1.34. The molecule has 0 N–H and O–H groups in total. The van der Waals surface area contributed by atoms with E-state index in [0.29, 0.717) is 5.76 Å². The minimum atomic E-state index is 0.436. The van der Waals surface area contributed by atoms with E-state index in [2.05, 4.69) is 6.92 Å². The lowest BCUT2D eigenvalue weighted by Gasteiger charge is -1.95. The summed E-state index contributed by atoms with van der Waals surface area (Å²) < 4.78 is 5.00. The quantitative estimate of drug-likeness (QED) is 0.497. The van der Waals surface area contributed by atoms with Crippen LogP contribution in [0.25, 0.3) is 0 Å². The van der Waals surface area contributed by atoms with Crippen molar-refractivity contribution in [3.63, 3.8) is 0 Å². The van der Waals surface area contributed by atoms with Gasteiger partial charge in [0.05, 0.1) is 6.26 Å². The molecule has 0 bridgehead atoms. The van der Waals surface area contributed by atoms with E-state index in [-0.39, 0.29) is 0 Å². The van der Waals surface area contributed by atoms with Crippen molar-refractivity contribution in [2.24, 2.45) is 0 Å². The molecule has 0 amide bonds. The number of furan rings is 1. The van der Waals surface area contributed by atoms with Gasteiger partial charge in [0.15, 0.2) is 12.0 Å². The summed E-state index contributed by atoms with van der Waals surface area (Å²) in [5, 5.41) is 0. The zero-order valence-electron chi connectivity index (χ0n) is 8.08. The van der Waals surface area contributed by atoms with E-state index >= 15 is 0 Å². The summed E-state index contributed by atoms with van der Waals surface area (Å²) in [5.74, 6) is 0.436. The smallest absolute Gasteiger partial charge is 0.185 e. The highest BCUT2D eigenvalue weighted by Crippen LogP contribution is 2.10. The van der Waals surface area contributed by atoms with Crippen LogP contribution in [0.4, 0.5) is 0 Å². The van der Waals surface area contributed by atoms with Gasteiger partial charge in [0.2, 0.25) is 0 Å². The van der Waals surface area contributed by atoms with E-state index < -0.39 is 0 Å². The molecule has 0 fully saturated rings. The van der Waals surface area contributed by atoms with Crippen LogP contribution in [-0.4, -0.2) is 6.29 Å². The average Bonchev–Trinajstić information content (AvgIpc) is 2.60. The number of carbonyl (C=O) groups is 1. The lowest BCUT2D eigenvalue weighted by molar-refractivity contribution is 0.110. The third-order valence-electron chi connectivity index (χ3n) is 2.11. The van der Waals surface area contributed by atoms with Crippen LogP contribution in [0.1, 0.15) is 48.7 Å². The summed E-state index contributed by atoms with van der Waals surface area (Å²) in [7, 11) is 0. The summed E-state index contributed by atoms with van der Waals surface area (Å²) in [6.45, 7) is 2.20. The van der Waals surface area contributed by atoms with Crippen LogP contribution in [0.15, 0.2) is 16.7 Å². The molecule has 0 aliphatic rings. The number of aryl methyl sites for hydroxylation is 1. The SMILES string of the molecule is CCCCCCc1coc(C=O)c1. The van der Waals surface area contributed by atoms with Crippen molar-refractivity contribution in [2.45, 2.75) is 39.0 Å². The first-order valence-corrected chi connectivity index (χ1v) is 4.89. The molecule has 1 aromatic heterocycles. The van der Waals surface area contributed by atoms with Crippen LogP contribution in [0.3, 0.4) is 0 Å². The first kappa shape index (κ1) is 10.0. The van der Waals surface area contributed by atoms with Crippen molar-refractivity contribution in [1.82, 2.24) is 0 Å². The van der Waals surface area contributed by atoms with Crippen LogP contribution in [0.5, 0.6) is 0 Å². The largest absolute Gasteiger partial charge is 0.461 e. The Kier molecular flexibility index (Phi) is 4.30. The number of aldehydes is 1. The second-order valence-electron chi connectivity index (χ2n) is 3.29. The maximum absolute atomic E-state index is 10.3. The van der Waals surface area contributed by atoms with Crippen molar-refractivity contribution in [2.75, 3.05) is 0 Å². The molecule has 0 saturated heterocycles. The van der Waals surface area contributed by atoms with Gasteiger partial charge in [-0.05, 0) is 24.5 Å². The molecular weight excluding hydrogens is 164 g/mol. The molecule has 1 rings (SSSR count). The molecule has 0 aromatic carbocycles. The number of rotatable bonds is 6. The molecule has 1 heterocycles. The Morgan fingerprint density at radius 2 is 2.23 bits per heavy atom. The third-order valence-corrected chi connectivity index (χ3v) is 2.11.